The topological polar surface area (TPSA) is 55.0 Å². The number of aromatic nitrogens is 1. The van der Waals surface area contributed by atoms with E-state index in [9.17, 15) is 23.2 Å². The molecule has 0 saturated carbocycles. The van der Waals surface area contributed by atoms with Crippen molar-refractivity contribution in [1.29, 1.82) is 5.26 Å². The van der Waals surface area contributed by atoms with Gasteiger partial charge in [-0.05, 0) is 45.8 Å². The molecular formula is C21H13BrClF3N2O2S. The largest absolute Gasteiger partial charge is 0.443 e. The minimum atomic E-state index is -4.79. The molecular weight excluding hydrogens is 517 g/mol. The standard InChI is InChI=1S/C21H13BrClF3N2O2S/c22-18-16(10-27)19(13-6-8-14(23)9-7-13)28(20(18)21(24,25)26)12-30-17(29)11-31-15-4-2-1-3-5-15/h1-9H,11-12H2. The van der Waals surface area contributed by atoms with E-state index in [0.29, 0.717) is 10.6 Å². The van der Waals surface area contributed by atoms with E-state index in [4.69, 9.17) is 16.3 Å². The van der Waals surface area contributed by atoms with Crippen molar-refractivity contribution < 1.29 is 22.7 Å². The third-order valence-corrected chi connectivity index (χ3v) is 6.17. The Balaban J connectivity index is 1.93. The van der Waals surface area contributed by atoms with Gasteiger partial charge in [-0.1, -0.05) is 41.9 Å². The third kappa shape index (κ3) is 5.45. The monoisotopic (exact) mass is 528 g/mol. The normalized spacial score (nSPS) is 11.2. The lowest BCUT2D eigenvalue weighted by Gasteiger charge is -2.16. The highest BCUT2D eigenvalue weighted by molar-refractivity contribution is 9.10. The summed E-state index contributed by atoms with van der Waals surface area (Å²) in [7, 11) is 0. The minimum Gasteiger partial charge on any atom is -0.443 e. The first-order chi connectivity index (χ1) is 14.7. The predicted molar refractivity (Wildman–Crippen MR) is 116 cm³/mol. The van der Waals surface area contributed by atoms with Crippen molar-refractivity contribution >= 4 is 45.3 Å². The molecule has 4 nitrogen and oxygen atoms in total. The molecule has 0 spiro atoms. The van der Waals surface area contributed by atoms with E-state index in [1.807, 2.05) is 18.2 Å². The van der Waals surface area contributed by atoms with E-state index < -0.39 is 29.0 Å². The average molecular weight is 530 g/mol. The number of hydrogen-bond donors (Lipinski definition) is 0. The van der Waals surface area contributed by atoms with Gasteiger partial charge in [-0.15, -0.1) is 11.8 Å². The summed E-state index contributed by atoms with van der Waals surface area (Å²) in [6, 6.07) is 16.8. The number of rotatable bonds is 6. The van der Waals surface area contributed by atoms with Crippen molar-refractivity contribution in [3.63, 3.8) is 0 Å². The summed E-state index contributed by atoms with van der Waals surface area (Å²) >= 11 is 9.98. The molecule has 0 bridgehead atoms. The Bertz CT molecular complexity index is 1130. The number of alkyl halides is 3. The van der Waals surface area contributed by atoms with E-state index in [2.05, 4.69) is 15.9 Å². The number of halogens is 5. The van der Waals surface area contributed by atoms with Crippen LogP contribution in [0.1, 0.15) is 11.3 Å². The van der Waals surface area contributed by atoms with Gasteiger partial charge < -0.3 is 9.30 Å². The zero-order valence-corrected chi connectivity index (χ0v) is 18.8. The van der Waals surface area contributed by atoms with E-state index in [-0.39, 0.29) is 17.0 Å². The molecule has 3 aromatic rings. The fraction of sp³-hybridized carbons (Fsp3) is 0.143. The van der Waals surface area contributed by atoms with E-state index in [1.54, 1.807) is 18.2 Å². The maximum Gasteiger partial charge on any atom is 0.432 e. The number of carbonyl (C=O) groups excluding carboxylic acids is 1. The molecule has 0 unspecified atom stereocenters. The molecule has 0 atom stereocenters. The van der Waals surface area contributed by atoms with Crippen LogP contribution in [0.15, 0.2) is 64.0 Å². The van der Waals surface area contributed by atoms with Crippen LogP contribution < -0.4 is 0 Å². The van der Waals surface area contributed by atoms with Gasteiger partial charge in [-0.2, -0.15) is 18.4 Å². The van der Waals surface area contributed by atoms with Crippen LogP contribution in [-0.2, 0) is 22.4 Å². The quantitative estimate of drug-likeness (QED) is 0.262. The van der Waals surface area contributed by atoms with Gasteiger partial charge in [0.1, 0.15) is 11.8 Å². The number of benzene rings is 2. The van der Waals surface area contributed by atoms with Crippen molar-refractivity contribution in [3.05, 3.63) is 75.4 Å². The number of esters is 1. The zero-order valence-electron chi connectivity index (χ0n) is 15.6. The second-order valence-electron chi connectivity index (χ2n) is 6.18. The molecule has 0 aliphatic heterocycles. The number of thioether (sulfide) groups is 1. The number of ether oxygens (including phenoxy) is 1. The SMILES string of the molecule is N#Cc1c(Br)c(C(F)(F)F)n(COC(=O)CSc2ccccc2)c1-c1ccc(Cl)cc1. The Morgan fingerprint density at radius 3 is 2.39 bits per heavy atom. The highest BCUT2D eigenvalue weighted by Crippen LogP contribution is 2.43. The average Bonchev–Trinajstić information content (AvgIpc) is 3.03. The van der Waals surface area contributed by atoms with Gasteiger partial charge in [-0.25, -0.2) is 0 Å². The zero-order chi connectivity index (χ0) is 22.6. The summed E-state index contributed by atoms with van der Waals surface area (Å²) in [6.45, 7) is -0.707. The lowest BCUT2D eigenvalue weighted by atomic mass is 10.1. The lowest BCUT2D eigenvalue weighted by Crippen LogP contribution is -2.19. The molecule has 10 heteroatoms. The predicted octanol–water partition coefficient (Wildman–Crippen LogP) is 6.75. The summed E-state index contributed by atoms with van der Waals surface area (Å²) in [5, 5.41) is 9.90. The summed E-state index contributed by atoms with van der Waals surface area (Å²) in [6.07, 6.45) is -4.79. The molecule has 3 rings (SSSR count). The number of nitrogens with zero attached hydrogens (tertiary/aromatic N) is 2. The van der Waals surface area contributed by atoms with Crippen molar-refractivity contribution in [1.82, 2.24) is 4.57 Å². The van der Waals surface area contributed by atoms with Gasteiger partial charge in [0.2, 0.25) is 0 Å². The van der Waals surface area contributed by atoms with Crippen LogP contribution in [-0.4, -0.2) is 16.3 Å². The summed E-state index contributed by atoms with van der Waals surface area (Å²) < 4.78 is 46.9. The smallest absolute Gasteiger partial charge is 0.432 e. The van der Waals surface area contributed by atoms with Crippen molar-refractivity contribution in [3.8, 4) is 17.3 Å². The highest BCUT2D eigenvalue weighted by atomic mass is 79.9. The molecule has 0 amide bonds. The molecule has 2 aromatic carbocycles. The highest BCUT2D eigenvalue weighted by Gasteiger charge is 2.41. The maximum absolute atomic E-state index is 13.8. The first-order valence-corrected chi connectivity index (χ1v) is 10.9. The number of nitriles is 1. The molecule has 0 aliphatic carbocycles. The van der Waals surface area contributed by atoms with Gasteiger partial charge >= 0.3 is 12.1 Å². The Morgan fingerprint density at radius 1 is 1.16 bits per heavy atom. The van der Waals surface area contributed by atoms with Gasteiger partial charge in [0, 0.05) is 9.92 Å². The molecule has 0 fully saturated rings. The van der Waals surface area contributed by atoms with Crippen LogP contribution >= 0.6 is 39.3 Å². The van der Waals surface area contributed by atoms with Crippen LogP contribution in [0, 0.1) is 11.3 Å². The maximum atomic E-state index is 13.8. The van der Waals surface area contributed by atoms with Crippen LogP contribution in [0.4, 0.5) is 13.2 Å². The minimum absolute atomic E-state index is 0.0260. The molecule has 0 saturated heterocycles. The fourth-order valence-electron chi connectivity index (χ4n) is 2.84. The lowest BCUT2D eigenvalue weighted by molar-refractivity contribution is -0.153. The van der Waals surface area contributed by atoms with Crippen molar-refractivity contribution in [2.75, 3.05) is 5.75 Å². The van der Waals surface area contributed by atoms with Crippen LogP contribution in [0.2, 0.25) is 5.02 Å². The first kappa shape index (κ1) is 23.3. The number of hydrogen-bond acceptors (Lipinski definition) is 4. The van der Waals surface area contributed by atoms with Gasteiger partial charge in [-0.3, -0.25) is 4.79 Å². The Labute approximate surface area is 193 Å². The molecule has 0 radical (unpaired) electrons. The van der Waals surface area contributed by atoms with E-state index in [1.165, 1.54) is 36.0 Å². The van der Waals surface area contributed by atoms with Gasteiger partial charge in [0.15, 0.2) is 6.73 Å². The molecule has 160 valence electrons. The Kier molecular flexibility index (Phi) is 7.36. The van der Waals surface area contributed by atoms with Crippen molar-refractivity contribution in [2.45, 2.75) is 17.8 Å². The molecule has 0 N–H and O–H groups in total. The van der Waals surface area contributed by atoms with Crippen molar-refractivity contribution in [2.24, 2.45) is 0 Å². The Hall–Kier alpha value is -2.41. The second-order valence-corrected chi connectivity index (χ2v) is 8.46. The first-order valence-electron chi connectivity index (χ1n) is 8.71. The third-order valence-electron chi connectivity index (χ3n) is 4.16. The van der Waals surface area contributed by atoms with Crippen LogP contribution in [0.3, 0.4) is 0 Å². The summed E-state index contributed by atoms with van der Waals surface area (Å²) in [5.74, 6) is -0.762. The molecule has 1 heterocycles. The molecule has 1 aromatic heterocycles. The molecule has 0 aliphatic rings. The fourth-order valence-corrected chi connectivity index (χ4v) is 4.40. The van der Waals surface area contributed by atoms with Crippen LogP contribution in [0.25, 0.3) is 11.3 Å². The van der Waals surface area contributed by atoms with E-state index in [0.717, 1.165) is 9.46 Å². The number of carbonyl (C=O) groups is 1. The summed E-state index contributed by atoms with van der Waals surface area (Å²) in [5.41, 5.74) is -1.03. The summed E-state index contributed by atoms with van der Waals surface area (Å²) in [4.78, 5) is 13.0. The second kappa shape index (κ2) is 9.81. The molecule has 31 heavy (non-hydrogen) atoms. The van der Waals surface area contributed by atoms with E-state index >= 15 is 0 Å². The van der Waals surface area contributed by atoms with Crippen LogP contribution in [0.5, 0.6) is 0 Å². The Morgan fingerprint density at radius 2 is 1.81 bits per heavy atom. The van der Waals surface area contributed by atoms with Gasteiger partial charge in [0.25, 0.3) is 0 Å². The van der Waals surface area contributed by atoms with Gasteiger partial charge in [0.05, 0.1) is 21.5 Å².